The largest absolute Gasteiger partial charge is 0.452 e. The molecule has 3 aromatic rings. The van der Waals surface area contributed by atoms with Crippen molar-refractivity contribution in [2.75, 3.05) is 4.72 Å². The molecule has 0 saturated carbocycles. The number of nitrogens with zero attached hydrogens (tertiary/aromatic N) is 1. The van der Waals surface area contributed by atoms with E-state index in [0.717, 1.165) is 28.5 Å². The average molecular weight is 416 g/mol. The minimum Gasteiger partial charge on any atom is -0.351 e. The maximum atomic E-state index is 12.8. The van der Waals surface area contributed by atoms with Crippen molar-refractivity contribution in [3.05, 3.63) is 52.1 Å². The highest BCUT2D eigenvalue weighted by Crippen LogP contribution is 2.37. The molecule has 2 heterocycles. The molecule has 2 aromatic heterocycles. The first-order valence-corrected chi connectivity index (χ1v) is 10.0. The molecule has 0 spiro atoms. The van der Waals surface area contributed by atoms with Gasteiger partial charge in [-0.15, -0.1) is 11.3 Å². The van der Waals surface area contributed by atoms with Crippen molar-refractivity contribution < 1.29 is 26.1 Å². The Morgan fingerprint density at radius 1 is 1.11 bits per heavy atom. The van der Waals surface area contributed by atoms with Gasteiger partial charge < -0.3 is 4.52 Å². The van der Waals surface area contributed by atoms with E-state index in [-0.39, 0.29) is 15.5 Å². The van der Waals surface area contributed by atoms with E-state index in [9.17, 15) is 21.6 Å². The van der Waals surface area contributed by atoms with Gasteiger partial charge in [-0.1, -0.05) is 17.3 Å². The number of hydrogen-bond donors (Lipinski definition) is 1. The average Bonchev–Trinajstić information content (AvgIpc) is 3.17. The first-order chi connectivity index (χ1) is 12.5. The molecule has 0 saturated heterocycles. The number of alkyl halides is 3. The van der Waals surface area contributed by atoms with E-state index in [1.807, 2.05) is 13.0 Å². The molecule has 0 aliphatic rings. The summed E-state index contributed by atoms with van der Waals surface area (Å²) >= 11 is 1.03. The summed E-state index contributed by atoms with van der Waals surface area (Å²) in [5, 5.41) is 3.40. The van der Waals surface area contributed by atoms with Gasteiger partial charge in [-0.05, 0) is 44.0 Å². The smallest absolute Gasteiger partial charge is 0.351 e. The van der Waals surface area contributed by atoms with Gasteiger partial charge in [0.25, 0.3) is 10.0 Å². The molecule has 27 heavy (non-hydrogen) atoms. The highest BCUT2D eigenvalue weighted by Gasteiger charge is 2.36. The number of aryl methyl sites for hydroxylation is 3. The lowest BCUT2D eigenvalue weighted by Crippen LogP contribution is -2.14. The third-order valence-electron chi connectivity index (χ3n) is 3.84. The fourth-order valence-electron chi connectivity index (χ4n) is 2.43. The second-order valence-electron chi connectivity index (χ2n) is 6.03. The van der Waals surface area contributed by atoms with E-state index >= 15 is 0 Å². The third-order valence-corrected chi connectivity index (χ3v) is 6.54. The zero-order valence-corrected chi connectivity index (χ0v) is 16.1. The monoisotopic (exact) mass is 416 g/mol. The summed E-state index contributed by atoms with van der Waals surface area (Å²) < 4.78 is 70.4. The summed E-state index contributed by atoms with van der Waals surface area (Å²) in [5.74, 6) is -1.23. The summed E-state index contributed by atoms with van der Waals surface area (Å²) in [7, 11) is -3.91. The Labute approximate surface area is 157 Å². The van der Waals surface area contributed by atoms with Gasteiger partial charge in [0.1, 0.15) is 10.6 Å². The van der Waals surface area contributed by atoms with Gasteiger partial charge in [0.05, 0.1) is 10.6 Å². The molecule has 1 aromatic carbocycles. The zero-order valence-electron chi connectivity index (χ0n) is 14.5. The van der Waals surface area contributed by atoms with Crippen molar-refractivity contribution in [3.63, 3.8) is 0 Å². The summed E-state index contributed by atoms with van der Waals surface area (Å²) in [6, 6.07) is 7.42. The Morgan fingerprint density at radius 2 is 1.81 bits per heavy atom. The highest BCUT2D eigenvalue weighted by molar-refractivity contribution is 7.93. The number of anilines is 1. The van der Waals surface area contributed by atoms with Gasteiger partial charge in [-0.25, -0.2) is 8.42 Å². The Bertz CT molecular complexity index is 1100. The molecule has 0 aliphatic carbocycles. The van der Waals surface area contributed by atoms with E-state index in [1.54, 1.807) is 26.0 Å². The van der Waals surface area contributed by atoms with E-state index < -0.39 is 22.0 Å². The Balaban J connectivity index is 1.96. The minimum atomic E-state index is -4.66. The number of rotatable bonds is 4. The van der Waals surface area contributed by atoms with Crippen LogP contribution in [-0.4, -0.2) is 13.6 Å². The van der Waals surface area contributed by atoms with E-state index in [1.165, 1.54) is 6.07 Å². The second kappa shape index (κ2) is 6.68. The molecule has 10 heteroatoms. The summed E-state index contributed by atoms with van der Waals surface area (Å²) in [4.78, 5) is 0.687. The summed E-state index contributed by atoms with van der Waals surface area (Å²) in [6.07, 6.45) is -4.66. The van der Waals surface area contributed by atoms with Crippen LogP contribution in [0.5, 0.6) is 0 Å². The molecule has 0 aliphatic heterocycles. The highest BCUT2D eigenvalue weighted by atomic mass is 32.2. The van der Waals surface area contributed by atoms with Gasteiger partial charge in [0.2, 0.25) is 5.76 Å². The van der Waals surface area contributed by atoms with Crippen molar-refractivity contribution in [1.29, 1.82) is 0 Å². The molecule has 3 rings (SSSR count). The SMILES string of the molecule is Cc1ccc(C)c(NS(=O)(=O)c2cc(-c3cc(C(F)(F)F)on3)sc2C)c1. The van der Waals surface area contributed by atoms with Crippen LogP contribution in [0.25, 0.3) is 10.6 Å². The zero-order chi connectivity index (χ0) is 20.0. The molecular weight excluding hydrogens is 401 g/mol. The predicted octanol–water partition coefficient (Wildman–Crippen LogP) is 5.15. The van der Waals surface area contributed by atoms with Crippen LogP contribution in [0.3, 0.4) is 0 Å². The van der Waals surface area contributed by atoms with Crippen LogP contribution in [0.1, 0.15) is 21.8 Å². The number of sulfonamides is 1. The maximum Gasteiger partial charge on any atom is 0.452 e. The molecular formula is C17H15F3N2O3S2. The number of halogens is 3. The number of aromatic nitrogens is 1. The van der Waals surface area contributed by atoms with E-state index in [4.69, 9.17) is 0 Å². The molecule has 1 N–H and O–H groups in total. The van der Waals surface area contributed by atoms with Crippen molar-refractivity contribution in [1.82, 2.24) is 5.16 Å². The standard InChI is InChI=1S/C17H15F3N2O3S2/c1-9-4-5-10(2)12(6-9)22-27(23,24)15-8-14(26-11(15)3)13-7-16(25-21-13)17(18,19)20/h4-8,22H,1-3H3. The van der Waals surface area contributed by atoms with E-state index in [2.05, 4.69) is 14.4 Å². The summed E-state index contributed by atoms with van der Waals surface area (Å²) in [6.45, 7) is 5.20. The third kappa shape index (κ3) is 4.01. The molecule has 144 valence electrons. The van der Waals surface area contributed by atoms with Crippen LogP contribution in [0.4, 0.5) is 18.9 Å². The second-order valence-corrected chi connectivity index (χ2v) is 8.94. The quantitative estimate of drug-likeness (QED) is 0.639. The molecule has 0 radical (unpaired) electrons. The normalized spacial score (nSPS) is 12.4. The maximum absolute atomic E-state index is 12.8. The lowest BCUT2D eigenvalue weighted by molar-refractivity contribution is -0.155. The number of thiophene rings is 1. The van der Waals surface area contributed by atoms with Crippen LogP contribution < -0.4 is 4.72 Å². The van der Waals surface area contributed by atoms with Gasteiger partial charge in [-0.3, -0.25) is 4.72 Å². The van der Waals surface area contributed by atoms with Gasteiger partial charge in [0, 0.05) is 10.9 Å². The minimum absolute atomic E-state index is 0.0139. The number of hydrogen-bond acceptors (Lipinski definition) is 5. The van der Waals surface area contributed by atoms with Crippen LogP contribution in [0, 0.1) is 20.8 Å². The fourth-order valence-corrected chi connectivity index (χ4v) is 5.10. The van der Waals surface area contributed by atoms with Crippen LogP contribution in [0.15, 0.2) is 39.8 Å². The number of nitrogens with one attached hydrogen (secondary N) is 1. The van der Waals surface area contributed by atoms with Crippen molar-refractivity contribution >= 4 is 27.0 Å². The first kappa shape index (κ1) is 19.4. The van der Waals surface area contributed by atoms with Crippen LogP contribution in [0.2, 0.25) is 0 Å². The Hall–Kier alpha value is -2.33. The lowest BCUT2D eigenvalue weighted by Gasteiger charge is -2.11. The molecule has 0 atom stereocenters. The molecule has 0 bridgehead atoms. The molecule has 0 fully saturated rings. The van der Waals surface area contributed by atoms with Gasteiger partial charge >= 0.3 is 6.18 Å². The fraction of sp³-hybridized carbons (Fsp3) is 0.235. The lowest BCUT2D eigenvalue weighted by atomic mass is 10.1. The van der Waals surface area contributed by atoms with Crippen molar-refractivity contribution in [2.24, 2.45) is 0 Å². The van der Waals surface area contributed by atoms with Crippen LogP contribution >= 0.6 is 11.3 Å². The van der Waals surface area contributed by atoms with E-state index in [0.29, 0.717) is 10.6 Å². The van der Waals surface area contributed by atoms with Crippen LogP contribution in [-0.2, 0) is 16.2 Å². The van der Waals surface area contributed by atoms with Crippen molar-refractivity contribution in [3.8, 4) is 10.6 Å². The topological polar surface area (TPSA) is 72.2 Å². The first-order valence-electron chi connectivity index (χ1n) is 7.72. The predicted molar refractivity (Wildman–Crippen MR) is 96.3 cm³/mol. The summed E-state index contributed by atoms with van der Waals surface area (Å²) in [5.41, 5.74) is 2.03. The van der Waals surface area contributed by atoms with Gasteiger partial charge in [0.15, 0.2) is 0 Å². The molecule has 5 nitrogen and oxygen atoms in total. The Morgan fingerprint density at radius 3 is 2.44 bits per heavy atom. The number of benzene rings is 1. The van der Waals surface area contributed by atoms with Crippen molar-refractivity contribution in [2.45, 2.75) is 31.8 Å². The van der Waals surface area contributed by atoms with Gasteiger partial charge in [-0.2, -0.15) is 13.2 Å². The molecule has 0 unspecified atom stereocenters. The Kier molecular flexibility index (Phi) is 4.81. The molecule has 0 amide bonds.